The lowest BCUT2D eigenvalue weighted by molar-refractivity contribution is 0.118. The van der Waals surface area contributed by atoms with Gasteiger partial charge in [0.1, 0.15) is 17.5 Å². The molecule has 0 N–H and O–H groups in total. The Morgan fingerprint density at radius 1 is 1.47 bits per heavy atom. The minimum Gasteiger partial charge on any atom is -0.490 e. The topological polar surface area (TPSA) is 25.4 Å². The number of hydrogen-bond acceptors (Lipinski definition) is 3. The number of likely N-dealkylation sites (N-methyl/N-ethyl adjacent to an activating group) is 1. The van der Waals surface area contributed by atoms with Crippen molar-refractivity contribution in [3.63, 3.8) is 0 Å². The Labute approximate surface area is 107 Å². The van der Waals surface area contributed by atoms with Gasteiger partial charge in [-0.3, -0.25) is 4.90 Å². The molecule has 0 radical (unpaired) electrons. The van der Waals surface area contributed by atoms with Gasteiger partial charge in [0.25, 0.3) is 0 Å². The molecule has 0 amide bonds. The molecule has 17 heavy (non-hydrogen) atoms. The second-order valence-corrected chi connectivity index (χ2v) is 5.47. The maximum atomic E-state index is 5.81. The van der Waals surface area contributed by atoms with Crippen molar-refractivity contribution in [2.75, 3.05) is 13.7 Å². The number of rotatable bonds is 3. The SMILES string of the molecule is CN1C2CCC(C2)C1COc1ccc(Cl)nc1. The first-order chi connectivity index (χ1) is 8.24. The van der Waals surface area contributed by atoms with E-state index in [1.807, 2.05) is 6.07 Å². The summed E-state index contributed by atoms with van der Waals surface area (Å²) in [5.74, 6) is 1.64. The van der Waals surface area contributed by atoms with Gasteiger partial charge in [0.15, 0.2) is 0 Å². The summed E-state index contributed by atoms with van der Waals surface area (Å²) in [6, 6.07) is 5.01. The summed E-state index contributed by atoms with van der Waals surface area (Å²) in [4.78, 5) is 6.50. The Bertz CT molecular complexity index is 393. The fourth-order valence-corrected chi connectivity index (χ4v) is 3.31. The Morgan fingerprint density at radius 3 is 3.00 bits per heavy atom. The van der Waals surface area contributed by atoms with E-state index in [9.17, 15) is 0 Å². The number of fused-ring (bicyclic) bond motifs is 2. The molecule has 1 saturated heterocycles. The van der Waals surface area contributed by atoms with E-state index in [1.165, 1.54) is 19.3 Å². The van der Waals surface area contributed by atoms with Gasteiger partial charge in [0.05, 0.1) is 6.20 Å². The molecule has 1 saturated carbocycles. The van der Waals surface area contributed by atoms with Gasteiger partial charge in [-0.25, -0.2) is 4.98 Å². The number of piperidine rings is 1. The number of ether oxygens (including phenoxy) is 1. The van der Waals surface area contributed by atoms with E-state index < -0.39 is 0 Å². The van der Waals surface area contributed by atoms with Crippen molar-refractivity contribution in [2.45, 2.75) is 31.3 Å². The van der Waals surface area contributed by atoms with E-state index in [0.717, 1.165) is 24.3 Å². The highest BCUT2D eigenvalue weighted by molar-refractivity contribution is 6.29. The summed E-state index contributed by atoms with van der Waals surface area (Å²) in [6.07, 6.45) is 5.76. The zero-order chi connectivity index (χ0) is 11.8. The molecule has 1 aliphatic carbocycles. The molecular formula is C13H17ClN2O. The van der Waals surface area contributed by atoms with Crippen molar-refractivity contribution in [3.8, 4) is 5.75 Å². The zero-order valence-corrected chi connectivity index (χ0v) is 10.7. The summed E-state index contributed by atoms with van der Waals surface area (Å²) >= 11 is 5.74. The number of likely N-dealkylation sites (tertiary alicyclic amines) is 1. The van der Waals surface area contributed by atoms with Gasteiger partial charge in [-0.05, 0) is 44.4 Å². The molecular weight excluding hydrogens is 236 g/mol. The van der Waals surface area contributed by atoms with Crippen LogP contribution in [0.4, 0.5) is 0 Å². The predicted molar refractivity (Wildman–Crippen MR) is 67.4 cm³/mol. The van der Waals surface area contributed by atoms with Crippen LogP contribution in [0.5, 0.6) is 5.75 Å². The maximum Gasteiger partial charge on any atom is 0.137 e. The van der Waals surface area contributed by atoms with E-state index in [-0.39, 0.29) is 0 Å². The van der Waals surface area contributed by atoms with Crippen molar-refractivity contribution in [1.82, 2.24) is 9.88 Å². The van der Waals surface area contributed by atoms with Crippen molar-refractivity contribution >= 4 is 11.6 Å². The second kappa shape index (κ2) is 4.46. The van der Waals surface area contributed by atoms with Gasteiger partial charge in [-0.2, -0.15) is 0 Å². The van der Waals surface area contributed by atoms with Gasteiger partial charge in [-0.15, -0.1) is 0 Å². The van der Waals surface area contributed by atoms with E-state index in [4.69, 9.17) is 16.3 Å². The lowest BCUT2D eigenvalue weighted by Gasteiger charge is -2.31. The third kappa shape index (κ3) is 2.14. The van der Waals surface area contributed by atoms with E-state index >= 15 is 0 Å². The Morgan fingerprint density at radius 2 is 2.35 bits per heavy atom. The number of halogens is 1. The standard InChI is InChI=1S/C13H17ClN2O/c1-16-10-3-2-9(6-10)12(16)8-17-11-4-5-13(14)15-7-11/h4-5,7,9-10,12H,2-3,6,8H2,1H3. The molecule has 3 nitrogen and oxygen atoms in total. The van der Waals surface area contributed by atoms with Crippen LogP contribution in [0.25, 0.3) is 0 Å². The lowest BCUT2D eigenvalue weighted by Crippen LogP contribution is -2.41. The highest BCUT2D eigenvalue weighted by Gasteiger charge is 2.43. The van der Waals surface area contributed by atoms with Crippen LogP contribution in [0.2, 0.25) is 5.15 Å². The first-order valence-corrected chi connectivity index (χ1v) is 6.58. The Balaban J connectivity index is 1.59. The number of nitrogens with zero attached hydrogens (tertiary/aromatic N) is 2. The number of aromatic nitrogens is 1. The molecule has 0 spiro atoms. The average molecular weight is 253 g/mol. The minimum atomic E-state index is 0.509. The molecule has 1 aromatic heterocycles. The molecule has 92 valence electrons. The van der Waals surface area contributed by atoms with Crippen LogP contribution in [0, 0.1) is 5.92 Å². The smallest absolute Gasteiger partial charge is 0.137 e. The lowest BCUT2D eigenvalue weighted by atomic mass is 10.00. The van der Waals surface area contributed by atoms with Gasteiger partial charge in [-0.1, -0.05) is 11.6 Å². The van der Waals surface area contributed by atoms with Crippen LogP contribution in [-0.2, 0) is 0 Å². The van der Waals surface area contributed by atoms with Crippen molar-refractivity contribution in [3.05, 3.63) is 23.5 Å². The van der Waals surface area contributed by atoms with Crippen LogP contribution in [0.1, 0.15) is 19.3 Å². The summed E-state index contributed by atoms with van der Waals surface area (Å²) in [5, 5.41) is 0.509. The van der Waals surface area contributed by atoms with E-state index in [2.05, 4.69) is 16.9 Å². The highest BCUT2D eigenvalue weighted by Crippen LogP contribution is 2.41. The molecule has 2 aliphatic rings. The molecule has 1 aliphatic heterocycles. The first kappa shape index (κ1) is 11.3. The van der Waals surface area contributed by atoms with Gasteiger partial charge >= 0.3 is 0 Å². The van der Waals surface area contributed by atoms with Gasteiger partial charge in [0.2, 0.25) is 0 Å². The van der Waals surface area contributed by atoms with E-state index in [0.29, 0.717) is 11.2 Å². The second-order valence-electron chi connectivity index (χ2n) is 5.09. The van der Waals surface area contributed by atoms with Crippen LogP contribution >= 0.6 is 11.6 Å². The maximum absolute atomic E-state index is 5.81. The van der Waals surface area contributed by atoms with Crippen molar-refractivity contribution in [1.29, 1.82) is 0 Å². The molecule has 2 heterocycles. The average Bonchev–Trinajstić information content (AvgIpc) is 2.90. The van der Waals surface area contributed by atoms with Crippen molar-refractivity contribution in [2.24, 2.45) is 5.92 Å². The molecule has 3 rings (SSSR count). The predicted octanol–water partition coefficient (Wildman–Crippen LogP) is 2.60. The van der Waals surface area contributed by atoms with Crippen LogP contribution < -0.4 is 4.74 Å². The van der Waals surface area contributed by atoms with Crippen molar-refractivity contribution < 1.29 is 4.74 Å². The van der Waals surface area contributed by atoms with Gasteiger partial charge < -0.3 is 4.74 Å². The Hall–Kier alpha value is -0.800. The summed E-state index contributed by atoms with van der Waals surface area (Å²) in [7, 11) is 2.22. The zero-order valence-electron chi connectivity index (χ0n) is 9.97. The monoisotopic (exact) mass is 252 g/mol. The number of pyridine rings is 1. The largest absolute Gasteiger partial charge is 0.490 e. The Kier molecular flexibility index (Phi) is 2.97. The normalized spacial score (nSPS) is 32.0. The fraction of sp³-hybridized carbons (Fsp3) is 0.615. The van der Waals surface area contributed by atoms with Crippen LogP contribution in [0.15, 0.2) is 18.3 Å². The molecule has 2 fully saturated rings. The molecule has 2 bridgehead atoms. The fourth-order valence-electron chi connectivity index (χ4n) is 3.20. The molecule has 4 heteroatoms. The van der Waals surface area contributed by atoms with Crippen LogP contribution in [0.3, 0.4) is 0 Å². The summed E-state index contributed by atoms with van der Waals surface area (Å²) < 4.78 is 5.81. The summed E-state index contributed by atoms with van der Waals surface area (Å²) in [5.41, 5.74) is 0. The van der Waals surface area contributed by atoms with E-state index in [1.54, 1.807) is 12.3 Å². The molecule has 3 unspecified atom stereocenters. The third-order valence-corrected chi connectivity index (χ3v) is 4.43. The third-order valence-electron chi connectivity index (χ3n) is 4.21. The quantitative estimate of drug-likeness (QED) is 0.774. The highest BCUT2D eigenvalue weighted by atomic mass is 35.5. The van der Waals surface area contributed by atoms with Gasteiger partial charge in [0, 0.05) is 12.1 Å². The molecule has 3 atom stereocenters. The molecule has 0 aromatic carbocycles. The molecule has 1 aromatic rings. The summed E-state index contributed by atoms with van der Waals surface area (Å²) in [6.45, 7) is 0.765. The number of hydrogen-bond donors (Lipinski definition) is 0. The van der Waals surface area contributed by atoms with Crippen LogP contribution in [-0.4, -0.2) is 35.6 Å². The first-order valence-electron chi connectivity index (χ1n) is 6.20. The minimum absolute atomic E-state index is 0.509.